The van der Waals surface area contributed by atoms with Crippen molar-refractivity contribution in [1.29, 1.82) is 0 Å². The van der Waals surface area contributed by atoms with Crippen LogP contribution in [-0.4, -0.2) is 28.3 Å². The molecule has 0 atom stereocenters. The maximum Gasteiger partial charge on any atom is 0.191 e. The van der Waals surface area contributed by atoms with Crippen molar-refractivity contribution < 1.29 is 0 Å². The zero-order chi connectivity index (χ0) is 13.8. The van der Waals surface area contributed by atoms with Crippen molar-refractivity contribution in [3.63, 3.8) is 0 Å². The Morgan fingerprint density at radius 2 is 2.05 bits per heavy atom. The van der Waals surface area contributed by atoms with Gasteiger partial charge < -0.3 is 10.6 Å². The molecule has 0 saturated heterocycles. The molecule has 0 aliphatic carbocycles. The van der Waals surface area contributed by atoms with E-state index in [1.54, 1.807) is 6.07 Å². The van der Waals surface area contributed by atoms with Gasteiger partial charge in [-0.3, -0.25) is 4.98 Å². The van der Waals surface area contributed by atoms with E-state index in [9.17, 15) is 0 Å². The van der Waals surface area contributed by atoms with Crippen LogP contribution in [0.4, 0.5) is 11.6 Å². The predicted octanol–water partition coefficient (Wildman–Crippen LogP) is 2.12. The Balaban J connectivity index is 2.20. The number of hydrogen-bond donors (Lipinski definition) is 1. The fourth-order valence-electron chi connectivity index (χ4n) is 1.73. The second-order valence-corrected chi connectivity index (χ2v) is 5.04. The molecule has 2 heterocycles. The van der Waals surface area contributed by atoms with E-state index in [1.165, 1.54) is 11.8 Å². The van der Waals surface area contributed by atoms with E-state index < -0.39 is 0 Å². The van der Waals surface area contributed by atoms with Crippen LogP contribution in [0.2, 0.25) is 0 Å². The van der Waals surface area contributed by atoms with Crippen LogP contribution in [0.3, 0.4) is 0 Å². The van der Waals surface area contributed by atoms with Gasteiger partial charge in [0.2, 0.25) is 0 Å². The molecular formula is C13H17N5S. The minimum Gasteiger partial charge on any atom is -0.383 e. The molecule has 0 fully saturated rings. The molecule has 0 saturated carbocycles. The summed E-state index contributed by atoms with van der Waals surface area (Å²) in [6, 6.07) is 7.77. The number of nitrogen functional groups attached to an aromatic ring is 1. The lowest BCUT2D eigenvalue weighted by Gasteiger charge is -2.18. The van der Waals surface area contributed by atoms with E-state index >= 15 is 0 Å². The zero-order valence-electron chi connectivity index (χ0n) is 11.3. The highest BCUT2D eigenvalue weighted by Crippen LogP contribution is 2.19. The molecule has 2 N–H and O–H groups in total. The molecule has 19 heavy (non-hydrogen) atoms. The standard InChI is InChI=1S/C13H17N5S/c1-9-5-4-6-10(15-9)8-18(2)12-7-11(14)16-13(17-12)19-3/h4-7H,8H2,1-3H3,(H2,14,16,17). The first-order valence-electron chi connectivity index (χ1n) is 5.90. The molecule has 100 valence electrons. The minimum atomic E-state index is 0.485. The SMILES string of the molecule is CSc1nc(N)cc(N(C)Cc2cccc(C)n2)n1. The summed E-state index contributed by atoms with van der Waals surface area (Å²) in [4.78, 5) is 15.1. The molecule has 2 aromatic rings. The van der Waals surface area contributed by atoms with Crippen molar-refractivity contribution in [3.8, 4) is 0 Å². The summed E-state index contributed by atoms with van der Waals surface area (Å²) in [5.41, 5.74) is 7.80. The van der Waals surface area contributed by atoms with E-state index in [1.807, 2.05) is 43.3 Å². The average Bonchev–Trinajstić information content (AvgIpc) is 2.38. The lowest BCUT2D eigenvalue weighted by atomic mass is 10.3. The van der Waals surface area contributed by atoms with Crippen LogP contribution in [0.5, 0.6) is 0 Å². The first-order valence-corrected chi connectivity index (χ1v) is 7.13. The number of nitrogens with two attached hydrogens (primary N) is 1. The largest absolute Gasteiger partial charge is 0.383 e. The smallest absolute Gasteiger partial charge is 0.191 e. The third-order valence-corrected chi connectivity index (χ3v) is 3.18. The van der Waals surface area contributed by atoms with E-state index in [4.69, 9.17) is 5.73 Å². The minimum absolute atomic E-state index is 0.485. The molecule has 6 heteroatoms. The zero-order valence-corrected chi connectivity index (χ0v) is 12.1. The molecule has 0 aliphatic rings. The van der Waals surface area contributed by atoms with Crippen LogP contribution in [0.25, 0.3) is 0 Å². The molecule has 5 nitrogen and oxygen atoms in total. The van der Waals surface area contributed by atoms with Crippen molar-refractivity contribution in [2.24, 2.45) is 0 Å². The van der Waals surface area contributed by atoms with Gasteiger partial charge in [-0.1, -0.05) is 17.8 Å². The van der Waals surface area contributed by atoms with Gasteiger partial charge in [0.15, 0.2) is 5.16 Å². The van der Waals surface area contributed by atoms with E-state index in [0.29, 0.717) is 17.5 Å². The number of rotatable bonds is 4. The highest BCUT2D eigenvalue weighted by atomic mass is 32.2. The van der Waals surface area contributed by atoms with Crippen LogP contribution in [0, 0.1) is 6.92 Å². The number of aryl methyl sites for hydroxylation is 1. The Morgan fingerprint density at radius 1 is 1.26 bits per heavy atom. The van der Waals surface area contributed by atoms with Gasteiger partial charge in [0.1, 0.15) is 11.6 Å². The van der Waals surface area contributed by atoms with E-state index in [0.717, 1.165) is 17.2 Å². The van der Waals surface area contributed by atoms with Gasteiger partial charge in [0.25, 0.3) is 0 Å². The van der Waals surface area contributed by atoms with Gasteiger partial charge in [-0.2, -0.15) is 0 Å². The van der Waals surface area contributed by atoms with E-state index in [-0.39, 0.29) is 0 Å². The van der Waals surface area contributed by atoms with Crippen molar-refractivity contribution in [3.05, 3.63) is 35.7 Å². The van der Waals surface area contributed by atoms with Gasteiger partial charge >= 0.3 is 0 Å². The summed E-state index contributed by atoms with van der Waals surface area (Å²) in [6.45, 7) is 2.67. The number of thioether (sulfide) groups is 1. The maximum absolute atomic E-state index is 5.78. The second kappa shape index (κ2) is 5.88. The summed E-state index contributed by atoms with van der Waals surface area (Å²) in [5.74, 6) is 1.29. The van der Waals surface area contributed by atoms with Crippen LogP contribution < -0.4 is 10.6 Å². The highest BCUT2D eigenvalue weighted by Gasteiger charge is 2.08. The first kappa shape index (κ1) is 13.6. The summed E-state index contributed by atoms with van der Waals surface area (Å²) >= 11 is 1.48. The Labute approximate surface area is 117 Å². The van der Waals surface area contributed by atoms with Crippen molar-refractivity contribution in [2.45, 2.75) is 18.6 Å². The molecular weight excluding hydrogens is 258 g/mol. The maximum atomic E-state index is 5.78. The number of pyridine rings is 1. The monoisotopic (exact) mass is 275 g/mol. The molecule has 0 spiro atoms. The summed E-state index contributed by atoms with van der Waals surface area (Å²) < 4.78 is 0. The normalized spacial score (nSPS) is 10.5. The van der Waals surface area contributed by atoms with Gasteiger partial charge in [-0.15, -0.1) is 0 Å². The van der Waals surface area contributed by atoms with Gasteiger partial charge in [0.05, 0.1) is 12.2 Å². The Bertz CT molecular complexity index is 573. The Hall–Kier alpha value is -1.82. The number of hydrogen-bond acceptors (Lipinski definition) is 6. The third-order valence-electron chi connectivity index (χ3n) is 2.63. The fourth-order valence-corrected chi connectivity index (χ4v) is 2.11. The van der Waals surface area contributed by atoms with Gasteiger partial charge in [0, 0.05) is 18.8 Å². The molecule has 0 radical (unpaired) electrons. The van der Waals surface area contributed by atoms with Crippen LogP contribution in [0.1, 0.15) is 11.4 Å². The summed E-state index contributed by atoms with van der Waals surface area (Å²) in [5, 5.41) is 0.680. The van der Waals surface area contributed by atoms with Crippen LogP contribution in [0.15, 0.2) is 29.4 Å². The molecule has 0 unspecified atom stereocenters. The van der Waals surface area contributed by atoms with E-state index in [2.05, 4.69) is 15.0 Å². The lowest BCUT2D eigenvalue weighted by molar-refractivity contribution is 0.834. The molecule has 0 bridgehead atoms. The number of nitrogens with zero attached hydrogens (tertiary/aromatic N) is 4. The molecule has 2 aromatic heterocycles. The second-order valence-electron chi connectivity index (χ2n) is 4.26. The van der Waals surface area contributed by atoms with Crippen LogP contribution in [-0.2, 0) is 6.54 Å². The molecule has 0 amide bonds. The topological polar surface area (TPSA) is 67.9 Å². The quantitative estimate of drug-likeness (QED) is 0.681. The summed E-state index contributed by atoms with van der Waals surface area (Å²) in [7, 11) is 1.97. The fraction of sp³-hybridized carbons (Fsp3) is 0.308. The van der Waals surface area contributed by atoms with Gasteiger partial charge in [-0.05, 0) is 25.3 Å². The highest BCUT2D eigenvalue weighted by molar-refractivity contribution is 7.98. The van der Waals surface area contributed by atoms with Crippen molar-refractivity contribution in [1.82, 2.24) is 15.0 Å². The van der Waals surface area contributed by atoms with Crippen LogP contribution >= 0.6 is 11.8 Å². The molecule has 0 aliphatic heterocycles. The van der Waals surface area contributed by atoms with Crippen molar-refractivity contribution in [2.75, 3.05) is 23.9 Å². The first-order chi connectivity index (χ1) is 9.08. The lowest BCUT2D eigenvalue weighted by Crippen LogP contribution is -2.19. The molecule has 0 aromatic carbocycles. The van der Waals surface area contributed by atoms with Crippen molar-refractivity contribution >= 4 is 23.4 Å². The average molecular weight is 275 g/mol. The third kappa shape index (κ3) is 3.57. The Kier molecular flexibility index (Phi) is 4.21. The predicted molar refractivity (Wildman–Crippen MR) is 79.3 cm³/mol. The summed E-state index contributed by atoms with van der Waals surface area (Å²) in [6.07, 6.45) is 1.93. The van der Waals surface area contributed by atoms with Gasteiger partial charge in [-0.25, -0.2) is 9.97 Å². The number of anilines is 2. The number of aromatic nitrogens is 3. The molecule has 2 rings (SSSR count). The Morgan fingerprint density at radius 3 is 2.74 bits per heavy atom.